The molecule has 1 aromatic carbocycles. The molecule has 3 rings (SSSR count). The van der Waals surface area contributed by atoms with E-state index in [4.69, 9.17) is 16.0 Å². The van der Waals surface area contributed by atoms with Gasteiger partial charge in [-0.2, -0.15) is 0 Å². The van der Waals surface area contributed by atoms with Crippen LogP contribution in [0.3, 0.4) is 0 Å². The molecule has 2 amide bonds. The van der Waals surface area contributed by atoms with Gasteiger partial charge in [0.2, 0.25) is 23.6 Å². The Hall–Kier alpha value is -2.41. The Morgan fingerprint density at radius 1 is 1.48 bits per heavy atom. The molecule has 2 heterocycles. The number of anilines is 1. The highest BCUT2D eigenvalue weighted by atomic mass is 35.5. The van der Waals surface area contributed by atoms with E-state index in [-0.39, 0.29) is 24.8 Å². The molecule has 120 valence electrons. The fraction of sp³-hybridized carbons (Fsp3) is 0.333. The molecule has 1 saturated heterocycles. The molecule has 1 aliphatic rings. The number of carbonyl (C=O) groups excluding carboxylic acids is 2. The minimum Gasteiger partial charge on any atom is -0.424 e. The molecule has 8 heteroatoms. The van der Waals surface area contributed by atoms with Crippen molar-refractivity contribution in [1.29, 1.82) is 0 Å². The SMILES string of the molecule is Cc1nnc(CNC(=O)C2CC(=O)N(c3cccc(Cl)c3)C2)o1. The summed E-state index contributed by atoms with van der Waals surface area (Å²) in [5.41, 5.74) is 0.699. The number of amides is 2. The van der Waals surface area contributed by atoms with Crippen LogP contribution in [0.25, 0.3) is 0 Å². The lowest BCUT2D eigenvalue weighted by atomic mass is 10.1. The number of hydrogen-bond acceptors (Lipinski definition) is 5. The zero-order valence-electron chi connectivity index (χ0n) is 12.5. The van der Waals surface area contributed by atoms with E-state index in [1.54, 1.807) is 36.1 Å². The first-order chi connectivity index (χ1) is 11.0. The highest BCUT2D eigenvalue weighted by molar-refractivity contribution is 6.30. The van der Waals surface area contributed by atoms with Crippen LogP contribution in [-0.2, 0) is 16.1 Å². The second kappa shape index (κ2) is 6.37. The maximum Gasteiger partial charge on any atom is 0.235 e. The van der Waals surface area contributed by atoms with E-state index in [1.807, 2.05) is 0 Å². The van der Waals surface area contributed by atoms with E-state index in [0.29, 0.717) is 29.0 Å². The molecule has 0 radical (unpaired) electrons. The van der Waals surface area contributed by atoms with Crippen LogP contribution in [0.15, 0.2) is 28.7 Å². The van der Waals surface area contributed by atoms with Crippen LogP contribution in [0, 0.1) is 12.8 Å². The molecular weight excluding hydrogens is 320 g/mol. The zero-order chi connectivity index (χ0) is 16.4. The number of nitrogens with zero attached hydrogens (tertiary/aromatic N) is 3. The normalized spacial score (nSPS) is 17.6. The molecule has 0 aliphatic carbocycles. The maximum absolute atomic E-state index is 12.2. The maximum atomic E-state index is 12.2. The Labute approximate surface area is 137 Å². The van der Waals surface area contributed by atoms with Crippen LogP contribution in [0.5, 0.6) is 0 Å². The van der Waals surface area contributed by atoms with E-state index < -0.39 is 5.92 Å². The molecule has 1 atom stereocenters. The summed E-state index contributed by atoms with van der Waals surface area (Å²) in [5.74, 6) is 0.0644. The first-order valence-electron chi connectivity index (χ1n) is 7.15. The molecular formula is C15H15ClN4O3. The lowest BCUT2D eigenvalue weighted by Crippen LogP contribution is -2.32. The van der Waals surface area contributed by atoms with Gasteiger partial charge in [-0.3, -0.25) is 9.59 Å². The van der Waals surface area contributed by atoms with E-state index >= 15 is 0 Å². The second-order valence-electron chi connectivity index (χ2n) is 5.32. The van der Waals surface area contributed by atoms with Gasteiger partial charge in [0, 0.05) is 30.6 Å². The third kappa shape index (κ3) is 3.50. The Kier molecular flexibility index (Phi) is 4.29. The largest absolute Gasteiger partial charge is 0.424 e. The average molecular weight is 335 g/mol. The van der Waals surface area contributed by atoms with Crippen molar-refractivity contribution in [1.82, 2.24) is 15.5 Å². The van der Waals surface area contributed by atoms with Crippen molar-refractivity contribution < 1.29 is 14.0 Å². The minimum atomic E-state index is -0.412. The van der Waals surface area contributed by atoms with Gasteiger partial charge >= 0.3 is 0 Å². The lowest BCUT2D eigenvalue weighted by molar-refractivity contribution is -0.126. The summed E-state index contributed by atoms with van der Waals surface area (Å²) < 4.78 is 5.19. The summed E-state index contributed by atoms with van der Waals surface area (Å²) >= 11 is 5.95. The summed E-state index contributed by atoms with van der Waals surface area (Å²) in [4.78, 5) is 25.9. The standard InChI is InChI=1S/C15H15ClN4O3/c1-9-18-19-13(23-9)7-17-15(22)10-5-14(21)20(8-10)12-4-2-3-11(16)6-12/h2-4,6,10H,5,7-8H2,1H3,(H,17,22). The first-order valence-corrected chi connectivity index (χ1v) is 7.53. The Balaban J connectivity index is 1.61. The lowest BCUT2D eigenvalue weighted by Gasteiger charge is -2.16. The molecule has 0 spiro atoms. The molecule has 1 fully saturated rings. The summed E-state index contributed by atoms with van der Waals surface area (Å²) in [6.07, 6.45) is 0.168. The second-order valence-corrected chi connectivity index (χ2v) is 5.75. The summed E-state index contributed by atoms with van der Waals surface area (Å²) in [7, 11) is 0. The number of nitrogens with one attached hydrogen (secondary N) is 1. The van der Waals surface area contributed by atoms with E-state index in [0.717, 1.165) is 0 Å². The summed E-state index contributed by atoms with van der Waals surface area (Å²) in [6, 6.07) is 7.02. The molecule has 2 aromatic rings. The van der Waals surface area contributed by atoms with Crippen molar-refractivity contribution in [2.45, 2.75) is 19.9 Å². The van der Waals surface area contributed by atoms with E-state index in [9.17, 15) is 9.59 Å². The highest BCUT2D eigenvalue weighted by Crippen LogP contribution is 2.27. The molecule has 1 N–H and O–H groups in total. The van der Waals surface area contributed by atoms with Crippen molar-refractivity contribution in [2.75, 3.05) is 11.4 Å². The Morgan fingerprint density at radius 2 is 2.30 bits per heavy atom. The van der Waals surface area contributed by atoms with Crippen molar-refractivity contribution in [2.24, 2.45) is 5.92 Å². The van der Waals surface area contributed by atoms with Crippen molar-refractivity contribution in [3.8, 4) is 0 Å². The minimum absolute atomic E-state index is 0.0962. The predicted molar refractivity (Wildman–Crippen MR) is 82.8 cm³/mol. The van der Waals surface area contributed by atoms with Crippen molar-refractivity contribution in [3.05, 3.63) is 41.1 Å². The smallest absolute Gasteiger partial charge is 0.235 e. The fourth-order valence-corrected chi connectivity index (χ4v) is 2.68. The first kappa shape index (κ1) is 15.5. The zero-order valence-corrected chi connectivity index (χ0v) is 13.2. The quantitative estimate of drug-likeness (QED) is 0.919. The van der Waals surface area contributed by atoms with Gasteiger partial charge in [0.15, 0.2) is 0 Å². The Morgan fingerprint density at radius 3 is 3.00 bits per heavy atom. The van der Waals surface area contributed by atoms with Crippen LogP contribution in [-0.4, -0.2) is 28.6 Å². The summed E-state index contributed by atoms with van der Waals surface area (Å²) in [5, 5.41) is 10.8. The molecule has 1 aromatic heterocycles. The number of halogens is 1. The molecule has 23 heavy (non-hydrogen) atoms. The number of rotatable bonds is 4. The highest BCUT2D eigenvalue weighted by Gasteiger charge is 2.35. The fourth-order valence-electron chi connectivity index (χ4n) is 2.49. The van der Waals surface area contributed by atoms with Gasteiger partial charge < -0.3 is 14.6 Å². The van der Waals surface area contributed by atoms with Crippen LogP contribution in [0.1, 0.15) is 18.2 Å². The third-order valence-corrected chi connectivity index (χ3v) is 3.83. The van der Waals surface area contributed by atoms with Crippen LogP contribution in [0.2, 0.25) is 5.02 Å². The van der Waals surface area contributed by atoms with Crippen LogP contribution in [0.4, 0.5) is 5.69 Å². The van der Waals surface area contributed by atoms with Gasteiger partial charge in [-0.25, -0.2) is 0 Å². The summed E-state index contributed by atoms with van der Waals surface area (Å²) in [6.45, 7) is 2.16. The topological polar surface area (TPSA) is 88.3 Å². The van der Waals surface area contributed by atoms with Crippen molar-refractivity contribution >= 4 is 29.1 Å². The number of benzene rings is 1. The number of aryl methyl sites for hydroxylation is 1. The molecule has 7 nitrogen and oxygen atoms in total. The number of aromatic nitrogens is 2. The van der Waals surface area contributed by atoms with E-state index in [2.05, 4.69) is 15.5 Å². The Bertz CT molecular complexity index is 746. The van der Waals surface area contributed by atoms with Gasteiger partial charge in [-0.1, -0.05) is 17.7 Å². The van der Waals surface area contributed by atoms with Crippen LogP contribution < -0.4 is 10.2 Å². The number of hydrogen-bond donors (Lipinski definition) is 1. The van der Waals surface area contributed by atoms with Gasteiger partial charge in [0.05, 0.1) is 12.5 Å². The van der Waals surface area contributed by atoms with Gasteiger partial charge in [-0.05, 0) is 18.2 Å². The molecule has 0 saturated carbocycles. The monoisotopic (exact) mass is 334 g/mol. The van der Waals surface area contributed by atoms with Crippen LogP contribution >= 0.6 is 11.6 Å². The van der Waals surface area contributed by atoms with E-state index in [1.165, 1.54) is 0 Å². The predicted octanol–water partition coefficient (Wildman–Crippen LogP) is 1.70. The number of carbonyl (C=O) groups is 2. The van der Waals surface area contributed by atoms with Crippen molar-refractivity contribution in [3.63, 3.8) is 0 Å². The average Bonchev–Trinajstić information content (AvgIpc) is 3.11. The molecule has 0 bridgehead atoms. The molecule has 1 unspecified atom stereocenters. The molecule has 1 aliphatic heterocycles. The van der Waals surface area contributed by atoms with Gasteiger partial charge in [0.1, 0.15) is 0 Å². The third-order valence-electron chi connectivity index (χ3n) is 3.60. The van der Waals surface area contributed by atoms with Gasteiger partial charge in [-0.15, -0.1) is 10.2 Å². The van der Waals surface area contributed by atoms with Gasteiger partial charge in [0.25, 0.3) is 0 Å².